The molecule has 0 bridgehead atoms. The zero-order chi connectivity index (χ0) is 22.0. The molecule has 0 atom stereocenters. The molecule has 1 aliphatic rings. The Labute approximate surface area is 195 Å². The summed E-state index contributed by atoms with van der Waals surface area (Å²) < 4.78 is 11.7. The van der Waals surface area contributed by atoms with Crippen LogP contribution in [0.1, 0.15) is 23.8 Å². The quantitative estimate of drug-likeness (QED) is 0.509. The number of rotatable bonds is 6. The van der Waals surface area contributed by atoms with Gasteiger partial charge in [0.05, 0.1) is 46.7 Å². The van der Waals surface area contributed by atoms with Crippen LogP contribution in [0.2, 0.25) is 10.0 Å². The molecule has 3 aromatic rings. The lowest BCUT2D eigenvalue weighted by Gasteiger charge is -2.30. The molecule has 0 saturated carbocycles. The van der Waals surface area contributed by atoms with Crippen LogP contribution in [-0.4, -0.2) is 49.6 Å². The van der Waals surface area contributed by atoms with E-state index in [1.807, 2.05) is 18.2 Å². The third-order valence-corrected chi connectivity index (χ3v) is 7.15. The van der Waals surface area contributed by atoms with Gasteiger partial charge in [-0.1, -0.05) is 23.2 Å². The first-order valence-electron chi connectivity index (χ1n) is 9.96. The van der Waals surface area contributed by atoms with Gasteiger partial charge in [-0.2, -0.15) is 0 Å². The number of carbonyl (C=O) groups is 1. The molecule has 31 heavy (non-hydrogen) atoms. The molecule has 2 heterocycles. The summed E-state index contributed by atoms with van der Waals surface area (Å²) in [6.07, 6.45) is 1.94. The molecule has 1 saturated heterocycles. The van der Waals surface area contributed by atoms with Gasteiger partial charge < -0.3 is 14.8 Å². The Balaban J connectivity index is 1.35. The maximum absolute atomic E-state index is 12.6. The normalized spacial score (nSPS) is 15.2. The van der Waals surface area contributed by atoms with Gasteiger partial charge in [-0.15, -0.1) is 11.3 Å². The second-order valence-corrected chi connectivity index (χ2v) is 9.36. The number of aromatic nitrogens is 1. The molecular weight excluding hydrogens is 457 g/mol. The van der Waals surface area contributed by atoms with Gasteiger partial charge in [-0.3, -0.25) is 9.69 Å². The second-order valence-electron chi connectivity index (χ2n) is 7.45. The number of nitrogens with zero attached hydrogens (tertiary/aromatic N) is 2. The van der Waals surface area contributed by atoms with Gasteiger partial charge in [0.15, 0.2) is 0 Å². The van der Waals surface area contributed by atoms with Gasteiger partial charge in [0.1, 0.15) is 11.5 Å². The van der Waals surface area contributed by atoms with Crippen molar-refractivity contribution in [2.45, 2.75) is 18.8 Å². The molecule has 9 heteroatoms. The van der Waals surface area contributed by atoms with Gasteiger partial charge >= 0.3 is 0 Å². The van der Waals surface area contributed by atoms with Gasteiger partial charge in [0.25, 0.3) is 0 Å². The van der Waals surface area contributed by atoms with Crippen LogP contribution in [0.4, 0.5) is 5.69 Å². The number of likely N-dealkylation sites (tertiary alicyclic amines) is 1. The highest BCUT2D eigenvalue weighted by atomic mass is 35.5. The minimum atomic E-state index is -0.101. The lowest BCUT2D eigenvalue weighted by Crippen LogP contribution is -2.38. The summed E-state index contributed by atoms with van der Waals surface area (Å²) in [6, 6.07) is 9.14. The first kappa shape index (κ1) is 22.1. The average Bonchev–Trinajstić information content (AvgIpc) is 3.18. The van der Waals surface area contributed by atoms with Crippen molar-refractivity contribution in [3.8, 4) is 11.5 Å². The van der Waals surface area contributed by atoms with E-state index in [1.165, 1.54) is 14.2 Å². The van der Waals surface area contributed by atoms with E-state index in [9.17, 15) is 4.79 Å². The molecule has 4 rings (SSSR count). The van der Waals surface area contributed by atoms with E-state index < -0.39 is 0 Å². The number of hydrogen-bond acceptors (Lipinski definition) is 6. The summed E-state index contributed by atoms with van der Waals surface area (Å²) in [4.78, 5) is 19.6. The largest absolute Gasteiger partial charge is 0.495 e. The third kappa shape index (κ3) is 5.06. The van der Waals surface area contributed by atoms with Gasteiger partial charge in [-0.25, -0.2) is 4.98 Å². The highest BCUT2D eigenvalue weighted by Gasteiger charge is 2.25. The Morgan fingerprint density at radius 2 is 1.90 bits per heavy atom. The standard InChI is InChI=1S/C22H23Cl2N3O3S/c1-29-18-11-16(19(30-2)10-15(18)24)25-21(28)12-27-7-5-13(6-8-27)22-26-17-9-14(23)3-4-20(17)31-22/h3-4,9-11,13H,5-8,12H2,1-2H3,(H,25,28). The Morgan fingerprint density at radius 3 is 2.61 bits per heavy atom. The summed E-state index contributed by atoms with van der Waals surface area (Å²) in [7, 11) is 3.07. The van der Waals surface area contributed by atoms with Crippen LogP contribution in [0.15, 0.2) is 30.3 Å². The molecule has 6 nitrogen and oxygen atoms in total. The zero-order valence-corrected chi connectivity index (χ0v) is 19.6. The number of ether oxygens (including phenoxy) is 2. The first-order chi connectivity index (χ1) is 15.0. The number of piperidine rings is 1. The van der Waals surface area contributed by atoms with Crippen molar-refractivity contribution in [1.29, 1.82) is 0 Å². The summed E-state index contributed by atoms with van der Waals surface area (Å²) >= 11 is 13.9. The van der Waals surface area contributed by atoms with Gasteiger partial charge in [-0.05, 0) is 44.1 Å². The third-order valence-electron chi connectivity index (χ3n) is 5.42. The number of carbonyl (C=O) groups excluding carboxylic acids is 1. The smallest absolute Gasteiger partial charge is 0.238 e. The highest BCUT2D eigenvalue weighted by Crippen LogP contribution is 2.36. The topological polar surface area (TPSA) is 63.7 Å². The predicted octanol–water partition coefficient (Wildman–Crippen LogP) is 5.44. The van der Waals surface area contributed by atoms with Crippen LogP contribution < -0.4 is 14.8 Å². The molecule has 2 aromatic carbocycles. The molecule has 1 fully saturated rings. The minimum absolute atomic E-state index is 0.101. The Kier molecular flexibility index (Phi) is 6.86. The lowest BCUT2D eigenvalue weighted by atomic mass is 9.97. The van der Waals surface area contributed by atoms with Crippen molar-refractivity contribution in [3.63, 3.8) is 0 Å². The van der Waals surface area contributed by atoms with Crippen LogP contribution >= 0.6 is 34.5 Å². The molecule has 1 aliphatic heterocycles. The second kappa shape index (κ2) is 9.61. The van der Waals surface area contributed by atoms with E-state index in [2.05, 4.69) is 10.2 Å². The average molecular weight is 480 g/mol. The van der Waals surface area contributed by atoms with E-state index in [-0.39, 0.29) is 5.91 Å². The maximum atomic E-state index is 12.6. The number of benzene rings is 2. The number of nitrogens with one attached hydrogen (secondary N) is 1. The van der Waals surface area contributed by atoms with Crippen molar-refractivity contribution in [2.75, 3.05) is 39.2 Å². The van der Waals surface area contributed by atoms with Crippen LogP contribution in [0, 0.1) is 0 Å². The van der Waals surface area contributed by atoms with Crippen molar-refractivity contribution >= 4 is 56.3 Å². The number of fused-ring (bicyclic) bond motifs is 1. The van der Waals surface area contributed by atoms with E-state index in [1.54, 1.807) is 23.5 Å². The van der Waals surface area contributed by atoms with Gasteiger partial charge in [0.2, 0.25) is 5.91 Å². The maximum Gasteiger partial charge on any atom is 0.238 e. The molecule has 0 spiro atoms. The van der Waals surface area contributed by atoms with E-state index in [4.69, 9.17) is 37.7 Å². The molecule has 164 valence electrons. The molecule has 1 aromatic heterocycles. The zero-order valence-electron chi connectivity index (χ0n) is 17.3. The number of thiazole rings is 1. The monoisotopic (exact) mass is 479 g/mol. The first-order valence-corrected chi connectivity index (χ1v) is 11.5. The van der Waals surface area contributed by atoms with Crippen LogP contribution in [0.3, 0.4) is 0 Å². The predicted molar refractivity (Wildman–Crippen MR) is 126 cm³/mol. The van der Waals surface area contributed by atoms with Crippen molar-refractivity contribution in [3.05, 3.63) is 45.4 Å². The van der Waals surface area contributed by atoms with Crippen LogP contribution in [-0.2, 0) is 4.79 Å². The fourth-order valence-electron chi connectivity index (χ4n) is 3.78. The van der Waals surface area contributed by atoms with Crippen molar-refractivity contribution in [1.82, 2.24) is 9.88 Å². The molecular formula is C22H23Cl2N3O3S. The Bertz CT molecular complexity index is 1100. The molecule has 0 radical (unpaired) electrons. The Hall–Kier alpha value is -2.06. The fraction of sp³-hybridized carbons (Fsp3) is 0.364. The van der Waals surface area contributed by atoms with Crippen LogP contribution in [0.5, 0.6) is 11.5 Å². The minimum Gasteiger partial charge on any atom is -0.495 e. The lowest BCUT2D eigenvalue weighted by molar-refractivity contribution is -0.117. The summed E-state index contributed by atoms with van der Waals surface area (Å²) in [5.41, 5.74) is 1.50. The van der Waals surface area contributed by atoms with Crippen molar-refractivity contribution < 1.29 is 14.3 Å². The summed E-state index contributed by atoms with van der Waals surface area (Å²) in [5, 5.41) is 5.20. The highest BCUT2D eigenvalue weighted by molar-refractivity contribution is 7.18. The fourth-order valence-corrected chi connectivity index (χ4v) is 5.30. The number of amides is 1. The summed E-state index contributed by atoms with van der Waals surface area (Å²) in [5.74, 6) is 1.29. The van der Waals surface area contributed by atoms with E-state index in [0.29, 0.717) is 39.7 Å². The Morgan fingerprint density at radius 1 is 1.16 bits per heavy atom. The number of halogens is 2. The SMILES string of the molecule is COc1cc(NC(=O)CN2CCC(c3nc4cc(Cl)ccc4s3)CC2)c(OC)cc1Cl. The van der Waals surface area contributed by atoms with E-state index >= 15 is 0 Å². The summed E-state index contributed by atoms with van der Waals surface area (Å²) in [6.45, 7) is 2.00. The molecule has 0 aliphatic carbocycles. The molecule has 0 unspecified atom stereocenters. The van der Waals surface area contributed by atoms with Crippen LogP contribution in [0.25, 0.3) is 10.2 Å². The number of hydrogen-bond donors (Lipinski definition) is 1. The van der Waals surface area contributed by atoms with Gasteiger partial charge in [0, 0.05) is 23.1 Å². The number of anilines is 1. The molecule has 1 amide bonds. The van der Waals surface area contributed by atoms with Crippen molar-refractivity contribution in [2.24, 2.45) is 0 Å². The number of methoxy groups -OCH3 is 2. The molecule has 1 N–H and O–H groups in total. The van der Waals surface area contributed by atoms with E-state index in [0.717, 1.165) is 41.2 Å².